The van der Waals surface area contributed by atoms with Crippen molar-refractivity contribution in [2.24, 2.45) is 0 Å². The standard InChI is InChI=1S/C22H19BrN4O3S/c1-26(2)22(28)16-8-9-20(24-11-16)19-13-27(21-18(19)10-17(23)12-25-21)31(29,30)14-15-6-4-3-5-7-15/h3-13H,14H2,1-2H3. The maximum Gasteiger partial charge on any atom is 0.254 e. The Kier molecular flexibility index (Phi) is 5.63. The fourth-order valence-electron chi connectivity index (χ4n) is 3.26. The Morgan fingerprint density at radius 3 is 2.45 bits per heavy atom. The third-order valence-electron chi connectivity index (χ3n) is 4.76. The molecule has 4 aromatic rings. The average Bonchev–Trinajstić information content (AvgIpc) is 3.13. The van der Waals surface area contributed by atoms with Crippen LogP contribution in [-0.2, 0) is 15.8 Å². The van der Waals surface area contributed by atoms with Gasteiger partial charge < -0.3 is 4.90 Å². The van der Waals surface area contributed by atoms with Crippen molar-refractivity contribution >= 4 is 42.9 Å². The lowest BCUT2D eigenvalue weighted by Gasteiger charge is -2.09. The molecule has 0 N–H and O–H groups in total. The van der Waals surface area contributed by atoms with E-state index in [2.05, 4.69) is 25.9 Å². The molecule has 9 heteroatoms. The lowest BCUT2D eigenvalue weighted by Crippen LogP contribution is -2.21. The molecule has 0 saturated carbocycles. The van der Waals surface area contributed by atoms with Gasteiger partial charge in [-0.15, -0.1) is 0 Å². The fourth-order valence-corrected chi connectivity index (χ4v) is 5.02. The van der Waals surface area contributed by atoms with Gasteiger partial charge in [-0.1, -0.05) is 30.3 Å². The first-order valence-electron chi connectivity index (χ1n) is 9.38. The number of carbonyl (C=O) groups is 1. The van der Waals surface area contributed by atoms with Gasteiger partial charge in [-0.05, 0) is 39.7 Å². The summed E-state index contributed by atoms with van der Waals surface area (Å²) in [5, 5.41) is 0.644. The number of hydrogen-bond donors (Lipinski definition) is 0. The van der Waals surface area contributed by atoms with Gasteiger partial charge in [0, 0.05) is 48.1 Å². The lowest BCUT2D eigenvalue weighted by atomic mass is 10.1. The van der Waals surface area contributed by atoms with Crippen molar-refractivity contribution in [2.75, 3.05) is 14.1 Å². The van der Waals surface area contributed by atoms with Crippen molar-refractivity contribution in [3.8, 4) is 11.3 Å². The minimum Gasteiger partial charge on any atom is -0.345 e. The van der Waals surface area contributed by atoms with E-state index in [0.29, 0.717) is 33.4 Å². The highest BCUT2D eigenvalue weighted by Gasteiger charge is 2.22. The molecule has 0 saturated heterocycles. The van der Waals surface area contributed by atoms with Gasteiger partial charge in [0.1, 0.15) is 0 Å². The van der Waals surface area contributed by atoms with E-state index in [9.17, 15) is 13.2 Å². The van der Waals surface area contributed by atoms with Crippen molar-refractivity contribution in [2.45, 2.75) is 5.75 Å². The molecule has 4 rings (SSSR count). The second-order valence-corrected chi connectivity index (χ2v) is 10.00. The molecule has 0 aliphatic heterocycles. The maximum absolute atomic E-state index is 13.2. The molecule has 0 fully saturated rings. The van der Waals surface area contributed by atoms with Crippen molar-refractivity contribution in [1.82, 2.24) is 18.8 Å². The summed E-state index contributed by atoms with van der Waals surface area (Å²) in [6.07, 6.45) is 4.59. The molecule has 0 radical (unpaired) electrons. The molecule has 0 aliphatic carbocycles. The topological polar surface area (TPSA) is 85.2 Å². The Balaban J connectivity index is 1.82. The second-order valence-electron chi connectivity index (χ2n) is 7.24. The number of nitrogens with zero attached hydrogens (tertiary/aromatic N) is 4. The smallest absolute Gasteiger partial charge is 0.254 e. The van der Waals surface area contributed by atoms with Gasteiger partial charge in [-0.2, -0.15) is 0 Å². The molecule has 0 spiro atoms. The van der Waals surface area contributed by atoms with Crippen molar-refractivity contribution < 1.29 is 13.2 Å². The summed E-state index contributed by atoms with van der Waals surface area (Å²) in [5.41, 5.74) is 2.63. The van der Waals surface area contributed by atoms with Crippen LogP contribution in [0, 0.1) is 0 Å². The predicted octanol–water partition coefficient (Wildman–Crippen LogP) is 3.94. The van der Waals surface area contributed by atoms with Crippen molar-refractivity contribution in [3.63, 3.8) is 0 Å². The van der Waals surface area contributed by atoms with Crippen LogP contribution < -0.4 is 0 Å². The van der Waals surface area contributed by atoms with E-state index in [1.54, 1.807) is 56.7 Å². The van der Waals surface area contributed by atoms with Gasteiger partial charge in [-0.3, -0.25) is 9.78 Å². The van der Waals surface area contributed by atoms with Gasteiger partial charge >= 0.3 is 0 Å². The van der Waals surface area contributed by atoms with Crippen LogP contribution in [0.2, 0.25) is 0 Å². The van der Waals surface area contributed by atoms with Crippen molar-refractivity contribution in [1.29, 1.82) is 0 Å². The number of pyridine rings is 2. The van der Waals surface area contributed by atoms with Gasteiger partial charge in [0.05, 0.1) is 17.0 Å². The quantitative estimate of drug-likeness (QED) is 0.415. The zero-order valence-corrected chi connectivity index (χ0v) is 19.3. The summed E-state index contributed by atoms with van der Waals surface area (Å²) in [6.45, 7) is 0. The molecule has 3 heterocycles. The molecule has 7 nitrogen and oxygen atoms in total. The normalized spacial score (nSPS) is 11.6. The van der Waals surface area contributed by atoms with Gasteiger partial charge in [0.25, 0.3) is 5.91 Å². The SMILES string of the molecule is CN(C)C(=O)c1ccc(-c2cn(S(=O)(=O)Cc3ccccc3)c3ncc(Br)cc23)nc1. The number of rotatable bonds is 5. The number of halogens is 1. The summed E-state index contributed by atoms with van der Waals surface area (Å²) >= 11 is 3.41. The van der Waals surface area contributed by atoms with Crippen LogP contribution in [0.4, 0.5) is 0 Å². The Bertz CT molecular complexity index is 1370. The summed E-state index contributed by atoms with van der Waals surface area (Å²) in [6, 6.07) is 14.2. The van der Waals surface area contributed by atoms with E-state index in [4.69, 9.17) is 0 Å². The first-order valence-corrected chi connectivity index (χ1v) is 11.8. The average molecular weight is 499 g/mol. The Labute approximate surface area is 188 Å². The minimum atomic E-state index is -3.72. The van der Waals surface area contributed by atoms with Crippen LogP contribution in [0.15, 0.2) is 71.6 Å². The van der Waals surface area contributed by atoms with E-state index >= 15 is 0 Å². The van der Waals surface area contributed by atoms with Crippen LogP contribution in [0.1, 0.15) is 15.9 Å². The molecule has 158 valence electrons. The van der Waals surface area contributed by atoms with Gasteiger partial charge in [0.15, 0.2) is 5.65 Å². The van der Waals surface area contributed by atoms with E-state index in [1.807, 2.05) is 12.1 Å². The number of benzene rings is 1. The van der Waals surface area contributed by atoms with E-state index < -0.39 is 10.0 Å². The highest BCUT2D eigenvalue weighted by atomic mass is 79.9. The molecule has 0 aliphatic rings. The molecular weight excluding hydrogens is 480 g/mol. The van der Waals surface area contributed by atoms with E-state index in [0.717, 1.165) is 4.47 Å². The van der Waals surface area contributed by atoms with Crippen LogP contribution in [0.3, 0.4) is 0 Å². The lowest BCUT2D eigenvalue weighted by molar-refractivity contribution is 0.0827. The summed E-state index contributed by atoms with van der Waals surface area (Å²) in [7, 11) is -0.380. The Morgan fingerprint density at radius 2 is 1.81 bits per heavy atom. The Morgan fingerprint density at radius 1 is 1.06 bits per heavy atom. The monoisotopic (exact) mass is 498 g/mol. The first kappa shape index (κ1) is 21.2. The number of amides is 1. The number of fused-ring (bicyclic) bond motifs is 1. The Hall–Kier alpha value is -3.04. The highest BCUT2D eigenvalue weighted by Crippen LogP contribution is 2.32. The molecule has 3 aromatic heterocycles. The number of hydrogen-bond acceptors (Lipinski definition) is 5. The van der Waals surface area contributed by atoms with E-state index in [-0.39, 0.29) is 11.7 Å². The predicted molar refractivity (Wildman–Crippen MR) is 123 cm³/mol. The minimum absolute atomic E-state index is 0.154. The molecular formula is C22H19BrN4O3S. The third-order valence-corrected chi connectivity index (χ3v) is 6.77. The van der Waals surface area contributed by atoms with Crippen LogP contribution >= 0.6 is 15.9 Å². The molecule has 0 unspecified atom stereocenters. The fraction of sp³-hybridized carbons (Fsp3) is 0.136. The molecule has 0 atom stereocenters. The zero-order valence-electron chi connectivity index (χ0n) is 16.9. The summed E-state index contributed by atoms with van der Waals surface area (Å²) < 4.78 is 28.3. The number of carbonyl (C=O) groups excluding carboxylic acids is 1. The molecule has 1 amide bonds. The molecule has 1 aromatic carbocycles. The van der Waals surface area contributed by atoms with Crippen LogP contribution in [0.25, 0.3) is 22.3 Å². The highest BCUT2D eigenvalue weighted by molar-refractivity contribution is 9.10. The first-order chi connectivity index (χ1) is 14.8. The summed E-state index contributed by atoms with van der Waals surface area (Å²) in [5.74, 6) is -0.310. The summed E-state index contributed by atoms with van der Waals surface area (Å²) in [4.78, 5) is 22.4. The third kappa shape index (κ3) is 4.24. The van der Waals surface area contributed by atoms with Crippen molar-refractivity contribution in [3.05, 3.63) is 82.7 Å². The number of aromatic nitrogens is 3. The second kappa shape index (κ2) is 8.24. The maximum atomic E-state index is 13.2. The van der Waals surface area contributed by atoms with Crippen LogP contribution in [-0.4, -0.2) is 47.3 Å². The molecule has 31 heavy (non-hydrogen) atoms. The van der Waals surface area contributed by atoms with Gasteiger partial charge in [0.2, 0.25) is 10.0 Å². The largest absolute Gasteiger partial charge is 0.345 e. The zero-order chi connectivity index (χ0) is 22.2. The van der Waals surface area contributed by atoms with E-state index in [1.165, 1.54) is 21.3 Å². The molecule has 0 bridgehead atoms. The van der Waals surface area contributed by atoms with Gasteiger partial charge in [-0.25, -0.2) is 17.4 Å². The van der Waals surface area contributed by atoms with Crippen LogP contribution in [0.5, 0.6) is 0 Å².